The van der Waals surface area contributed by atoms with Gasteiger partial charge in [-0.25, -0.2) is 0 Å². The van der Waals surface area contributed by atoms with Gasteiger partial charge in [0.05, 0.1) is 6.07 Å². The zero-order valence-electron chi connectivity index (χ0n) is 13.2. The van der Waals surface area contributed by atoms with Crippen LogP contribution in [0.1, 0.15) is 59.3 Å². The van der Waals surface area contributed by atoms with Crippen molar-refractivity contribution in [2.75, 3.05) is 20.1 Å². The van der Waals surface area contributed by atoms with Gasteiger partial charge in [0.2, 0.25) is 0 Å². The van der Waals surface area contributed by atoms with E-state index in [0.717, 1.165) is 25.9 Å². The molecular formula is C16H31N3. The average Bonchev–Trinajstić information content (AvgIpc) is 2.80. The van der Waals surface area contributed by atoms with Crippen LogP contribution in [0.15, 0.2) is 0 Å². The van der Waals surface area contributed by atoms with Crippen molar-refractivity contribution in [3.8, 4) is 6.07 Å². The Morgan fingerprint density at radius 2 is 2.21 bits per heavy atom. The fourth-order valence-corrected chi connectivity index (χ4v) is 3.42. The highest BCUT2D eigenvalue weighted by atomic mass is 15.1. The van der Waals surface area contributed by atoms with Crippen molar-refractivity contribution in [2.24, 2.45) is 5.92 Å². The van der Waals surface area contributed by atoms with Crippen molar-refractivity contribution in [3.05, 3.63) is 0 Å². The number of nitrogens with one attached hydrogen (secondary N) is 1. The second-order valence-corrected chi connectivity index (χ2v) is 6.11. The first-order valence-electron chi connectivity index (χ1n) is 7.96. The standard InChI is InChI=1S/C16H31N3/c1-5-8-14(3)19(4)12-10-15-9-7-11-16(15,13-17)18-6-2/h14-15,18H,5-12H2,1-4H3. The lowest BCUT2D eigenvalue weighted by Gasteiger charge is -2.32. The summed E-state index contributed by atoms with van der Waals surface area (Å²) in [6, 6.07) is 3.23. The van der Waals surface area contributed by atoms with Crippen LogP contribution in [0.2, 0.25) is 0 Å². The third-order valence-corrected chi connectivity index (χ3v) is 4.80. The second-order valence-electron chi connectivity index (χ2n) is 6.11. The molecule has 0 heterocycles. The molecule has 1 N–H and O–H groups in total. The maximum atomic E-state index is 9.55. The van der Waals surface area contributed by atoms with Crippen LogP contribution in [-0.4, -0.2) is 36.6 Å². The molecule has 0 radical (unpaired) electrons. The van der Waals surface area contributed by atoms with Gasteiger partial charge in [0, 0.05) is 6.04 Å². The van der Waals surface area contributed by atoms with Crippen LogP contribution < -0.4 is 5.32 Å². The Morgan fingerprint density at radius 1 is 1.47 bits per heavy atom. The topological polar surface area (TPSA) is 39.1 Å². The van der Waals surface area contributed by atoms with Crippen LogP contribution in [0, 0.1) is 17.2 Å². The van der Waals surface area contributed by atoms with E-state index in [-0.39, 0.29) is 5.54 Å². The molecule has 0 aromatic rings. The summed E-state index contributed by atoms with van der Waals surface area (Å²) in [6.45, 7) is 8.66. The molecule has 1 aliphatic carbocycles. The van der Waals surface area contributed by atoms with Crippen molar-refractivity contribution < 1.29 is 0 Å². The Bertz CT molecular complexity index is 297. The molecule has 0 saturated heterocycles. The molecule has 3 unspecified atom stereocenters. The molecule has 110 valence electrons. The molecular weight excluding hydrogens is 234 g/mol. The highest BCUT2D eigenvalue weighted by molar-refractivity contribution is 5.14. The van der Waals surface area contributed by atoms with Crippen LogP contribution in [-0.2, 0) is 0 Å². The average molecular weight is 265 g/mol. The molecule has 0 aliphatic heterocycles. The molecule has 1 rings (SSSR count). The van der Waals surface area contributed by atoms with E-state index in [1.807, 2.05) is 0 Å². The summed E-state index contributed by atoms with van der Waals surface area (Å²) in [5.74, 6) is 0.522. The first-order chi connectivity index (χ1) is 9.09. The Morgan fingerprint density at radius 3 is 2.79 bits per heavy atom. The molecule has 0 bridgehead atoms. The molecule has 0 spiro atoms. The van der Waals surface area contributed by atoms with Crippen molar-refractivity contribution in [3.63, 3.8) is 0 Å². The minimum absolute atomic E-state index is 0.246. The summed E-state index contributed by atoms with van der Waals surface area (Å²) in [5.41, 5.74) is -0.246. The minimum atomic E-state index is -0.246. The third-order valence-electron chi connectivity index (χ3n) is 4.80. The van der Waals surface area contributed by atoms with Crippen LogP contribution in [0.25, 0.3) is 0 Å². The first-order valence-corrected chi connectivity index (χ1v) is 7.96. The van der Waals surface area contributed by atoms with Gasteiger partial charge in [-0.2, -0.15) is 5.26 Å². The molecule has 0 amide bonds. The number of nitrogens with zero attached hydrogens (tertiary/aromatic N) is 2. The normalized spacial score (nSPS) is 28.5. The number of rotatable bonds is 8. The van der Waals surface area contributed by atoms with E-state index in [0.29, 0.717) is 12.0 Å². The highest BCUT2D eigenvalue weighted by Crippen LogP contribution is 2.37. The predicted octanol–water partition coefficient (Wildman–Crippen LogP) is 3.17. The lowest BCUT2D eigenvalue weighted by atomic mass is 9.85. The lowest BCUT2D eigenvalue weighted by molar-refractivity contribution is 0.206. The molecule has 1 fully saturated rings. The Balaban J connectivity index is 2.49. The predicted molar refractivity (Wildman–Crippen MR) is 81.0 cm³/mol. The van der Waals surface area contributed by atoms with Gasteiger partial charge in [0.1, 0.15) is 5.54 Å². The van der Waals surface area contributed by atoms with Crippen LogP contribution >= 0.6 is 0 Å². The van der Waals surface area contributed by atoms with Crippen molar-refractivity contribution >= 4 is 0 Å². The van der Waals surface area contributed by atoms with E-state index in [1.54, 1.807) is 0 Å². The van der Waals surface area contributed by atoms with Crippen molar-refractivity contribution in [1.29, 1.82) is 5.26 Å². The zero-order chi connectivity index (χ0) is 14.3. The SMILES string of the molecule is CCCC(C)N(C)CCC1CCCC1(C#N)NCC. The molecule has 0 aromatic carbocycles. The number of nitriles is 1. The third kappa shape index (κ3) is 4.19. The molecule has 0 aromatic heterocycles. The van der Waals surface area contributed by atoms with Gasteiger partial charge < -0.3 is 4.90 Å². The van der Waals surface area contributed by atoms with Crippen molar-refractivity contribution in [1.82, 2.24) is 10.2 Å². The maximum absolute atomic E-state index is 9.55. The van der Waals surface area contributed by atoms with E-state index < -0.39 is 0 Å². The molecule has 3 atom stereocenters. The van der Waals surface area contributed by atoms with Gasteiger partial charge in [-0.15, -0.1) is 0 Å². The lowest BCUT2D eigenvalue weighted by Crippen LogP contribution is -2.47. The largest absolute Gasteiger partial charge is 0.304 e. The fraction of sp³-hybridized carbons (Fsp3) is 0.938. The van der Waals surface area contributed by atoms with E-state index in [4.69, 9.17) is 0 Å². The summed E-state index contributed by atoms with van der Waals surface area (Å²) < 4.78 is 0. The minimum Gasteiger partial charge on any atom is -0.304 e. The van der Waals surface area contributed by atoms with E-state index in [2.05, 4.69) is 44.1 Å². The van der Waals surface area contributed by atoms with Crippen molar-refractivity contribution in [2.45, 2.75) is 70.9 Å². The Labute approximate surface area is 119 Å². The van der Waals surface area contributed by atoms with Crippen LogP contribution in [0.4, 0.5) is 0 Å². The highest BCUT2D eigenvalue weighted by Gasteiger charge is 2.42. The molecule has 1 saturated carbocycles. The fourth-order valence-electron chi connectivity index (χ4n) is 3.42. The van der Waals surface area contributed by atoms with Gasteiger partial charge in [0.25, 0.3) is 0 Å². The molecule has 3 heteroatoms. The Hall–Kier alpha value is -0.590. The van der Waals surface area contributed by atoms with Gasteiger partial charge in [0.15, 0.2) is 0 Å². The summed E-state index contributed by atoms with van der Waals surface area (Å²) in [4.78, 5) is 2.45. The summed E-state index contributed by atoms with van der Waals surface area (Å²) in [7, 11) is 2.22. The quantitative estimate of drug-likeness (QED) is 0.732. The monoisotopic (exact) mass is 265 g/mol. The Kier molecular flexibility index (Phi) is 6.82. The summed E-state index contributed by atoms with van der Waals surface area (Å²) in [6.07, 6.45) is 7.07. The maximum Gasteiger partial charge on any atom is 0.109 e. The van der Waals surface area contributed by atoms with Gasteiger partial charge in [-0.1, -0.05) is 26.7 Å². The smallest absolute Gasteiger partial charge is 0.109 e. The van der Waals surface area contributed by atoms with Gasteiger partial charge >= 0.3 is 0 Å². The van der Waals surface area contributed by atoms with Gasteiger partial charge in [-0.05, 0) is 58.7 Å². The van der Waals surface area contributed by atoms with Gasteiger partial charge in [-0.3, -0.25) is 5.32 Å². The summed E-state index contributed by atoms with van der Waals surface area (Å²) in [5, 5.41) is 13.0. The second kappa shape index (κ2) is 7.87. The number of hydrogen-bond donors (Lipinski definition) is 1. The first kappa shape index (κ1) is 16.5. The van der Waals surface area contributed by atoms with Crippen LogP contribution in [0.3, 0.4) is 0 Å². The van der Waals surface area contributed by atoms with Crippen LogP contribution in [0.5, 0.6) is 0 Å². The molecule has 19 heavy (non-hydrogen) atoms. The molecule has 3 nitrogen and oxygen atoms in total. The zero-order valence-corrected chi connectivity index (χ0v) is 13.2. The summed E-state index contributed by atoms with van der Waals surface area (Å²) >= 11 is 0. The molecule has 1 aliphatic rings. The van der Waals surface area contributed by atoms with E-state index in [1.165, 1.54) is 25.7 Å². The number of hydrogen-bond acceptors (Lipinski definition) is 3. The van der Waals surface area contributed by atoms with E-state index >= 15 is 0 Å². The van der Waals surface area contributed by atoms with E-state index in [9.17, 15) is 5.26 Å².